The summed E-state index contributed by atoms with van der Waals surface area (Å²) in [5.74, 6) is -0.0442. The maximum absolute atomic E-state index is 12.2. The van der Waals surface area contributed by atoms with Crippen LogP contribution in [0.2, 0.25) is 5.02 Å². The first-order valence-corrected chi connectivity index (χ1v) is 8.84. The summed E-state index contributed by atoms with van der Waals surface area (Å²) in [5, 5.41) is 0.590. The topological polar surface area (TPSA) is 60.2 Å². The lowest BCUT2D eigenvalue weighted by atomic mass is 10.2. The predicted molar refractivity (Wildman–Crippen MR) is 86.3 cm³/mol. The SMILES string of the molecule is Nc1ccc(CS(=O)(=O)Cc2ccc(Cl)cc2)c(Br)c1. The Kier molecular flexibility index (Phi) is 4.73. The van der Waals surface area contributed by atoms with E-state index in [4.69, 9.17) is 17.3 Å². The lowest BCUT2D eigenvalue weighted by Crippen LogP contribution is -2.08. The van der Waals surface area contributed by atoms with Gasteiger partial charge in [0.2, 0.25) is 0 Å². The summed E-state index contributed by atoms with van der Waals surface area (Å²) in [5.41, 5.74) is 7.66. The van der Waals surface area contributed by atoms with Crippen LogP contribution in [0.4, 0.5) is 5.69 Å². The molecule has 0 heterocycles. The van der Waals surface area contributed by atoms with Gasteiger partial charge in [0, 0.05) is 15.2 Å². The van der Waals surface area contributed by atoms with E-state index in [2.05, 4.69) is 15.9 Å². The Morgan fingerprint density at radius 3 is 2.30 bits per heavy atom. The molecule has 0 saturated heterocycles. The lowest BCUT2D eigenvalue weighted by molar-refractivity contribution is 0.594. The van der Waals surface area contributed by atoms with Crippen LogP contribution in [-0.4, -0.2) is 8.42 Å². The third kappa shape index (κ3) is 4.23. The fourth-order valence-electron chi connectivity index (χ4n) is 1.80. The maximum Gasteiger partial charge on any atom is 0.158 e. The van der Waals surface area contributed by atoms with Crippen molar-refractivity contribution < 1.29 is 8.42 Å². The molecule has 2 aromatic carbocycles. The highest BCUT2D eigenvalue weighted by Crippen LogP contribution is 2.23. The minimum absolute atomic E-state index is 0.0129. The average molecular weight is 375 g/mol. The molecule has 3 nitrogen and oxygen atoms in total. The van der Waals surface area contributed by atoms with E-state index in [1.54, 1.807) is 42.5 Å². The van der Waals surface area contributed by atoms with E-state index >= 15 is 0 Å². The molecule has 6 heteroatoms. The van der Waals surface area contributed by atoms with E-state index in [9.17, 15) is 8.42 Å². The third-order valence-electron chi connectivity index (χ3n) is 2.75. The van der Waals surface area contributed by atoms with Gasteiger partial charge in [-0.2, -0.15) is 0 Å². The Labute approximate surface area is 131 Å². The molecule has 0 bridgehead atoms. The zero-order valence-corrected chi connectivity index (χ0v) is 13.7. The van der Waals surface area contributed by atoms with E-state index < -0.39 is 9.84 Å². The van der Waals surface area contributed by atoms with Crippen molar-refractivity contribution in [3.05, 3.63) is 63.1 Å². The van der Waals surface area contributed by atoms with Crippen molar-refractivity contribution in [2.75, 3.05) is 5.73 Å². The van der Waals surface area contributed by atoms with Crippen molar-refractivity contribution in [3.8, 4) is 0 Å². The Balaban J connectivity index is 2.17. The van der Waals surface area contributed by atoms with Crippen LogP contribution in [0.5, 0.6) is 0 Å². The number of nitrogen functional groups attached to an aromatic ring is 1. The minimum atomic E-state index is -3.25. The first kappa shape index (κ1) is 15.4. The van der Waals surface area contributed by atoms with Crippen LogP contribution in [0, 0.1) is 0 Å². The highest BCUT2D eigenvalue weighted by molar-refractivity contribution is 9.10. The summed E-state index contributed by atoms with van der Waals surface area (Å²) in [6, 6.07) is 11.9. The van der Waals surface area contributed by atoms with Gasteiger partial charge in [-0.1, -0.05) is 45.7 Å². The van der Waals surface area contributed by atoms with E-state index in [1.807, 2.05) is 0 Å². The fourth-order valence-corrected chi connectivity index (χ4v) is 4.18. The van der Waals surface area contributed by atoms with Gasteiger partial charge in [-0.05, 0) is 35.4 Å². The second kappa shape index (κ2) is 6.16. The summed E-state index contributed by atoms with van der Waals surface area (Å²) in [6.45, 7) is 0. The molecule has 0 radical (unpaired) electrons. The molecule has 2 aromatic rings. The number of halogens is 2. The number of nitrogens with two attached hydrogens (primary N) is 1. The minimum Gasteiger partial charge on any atom is -0.399 e. The maximum atomic E-state index is 12.2. The van der Waals surface area contributed by atoms with Crippen LogP contribution in [0.3, 0.4) is 0 Å². The van der Waals surface area contributed by atoms with Gasteiger partial charge >= 0.3 is 0 Å². The molecule has 106 valence electrons. The van der Waals surface area contributed by atoms with Crippen LogP contribution in [-0.2, 0) is 21.3 Å². The summed E-state index contributed by atoms with van der Waals surface area (Å²) in [6.07, 6.45) is 0. The van der Waals surface area contributed by atoms with Crippen LogP contribution in [0.25, 0.3) is 0 Å². The molecular weight excluding hydrogens is 362 g/mol. The lowest BCUT2D eigenvalue weighted by Gasteiger charge is -2.07. The molecule has 20 heavy (non-hydrogen) atoms. The molecule has 0 saturated carbocycles. The van der Waals surface area contributed by atoms with Crippen LogP contribution >= 0.6 is 27.5 Å². The normalized spacial score (nSPS) is 11.5. The predicted octanol–water partition coefficient (Wildman–Crippen LogP) is 3.80. The molecule has 0 unspecified atom stereocenters. The number of benzene rings is 2. The van der Waals surface area contributed by atoms with Crippen LogP contribution < -0.4 is 5.73 Å². The van der Waals surface area contributed by atoms with Crippen molar-refractivity contribution in [2.45, 2.75) is 11.5 Å². The zero-order chi connectivity index (χ0) is 14.8. The Morgan fingerprint density at radius 2 is 1.70 bits per heavy atom. The molecule has 0 aliphatic carbocycles. The average Bonchev–Trinajstić information content (AvgIpc) is 2.35. The monoisotopic (exact) mass is 373 g/mol. The summed E-state index contributed by atoms with van der Waals surface area (Å²) in [4.78, 5) is 0. The fraction of sp³-hybridized carbons (Fsp3) is 0.143. The standard InChI is InChI=1S/C14H13BrClNO2S/c15-14-7-13(17)6-3-11(14)9-20(18,19)8-10-1-4-12(16)5-2-10/h1-7H,8-9,17H2. The summed E-state index contributed by atoms with van der Waals surface area (Å²) in [7, 11) is -3.25. The van der Waals surface area contributed by atoms with Gasteiger partial charge in [-0.15, -0.1) is 0 Å². The van der Waals surface area contributed by atoms with Crippen molar-refractivity contribution >= 4 is 43.1 Å². The number of anilines is 1. The molecule has 0 fully saturated rings. The van der Waals surface area contributed by atoms with E-state index in [0.717, 1.165) is 5.56 Å². The zero-order valence-electron chi connectivity index (χ0n) is 10.5. The van der Waals surface area contributed by atoms with Gasteiger partial charge < -0.3 is 5.73 Å². The molecular formula is C14H13BrClNO2S. The van der Waals surface area contributed by atoms with Gasteiger partial charge in [-0.25, -0.2) is 8.42 Å². The molecule has 0 aliphatic rings. The Morgan fingerprint density at radius 1 is 1.05 bits per heavy atom. The van der Waals surface area contributed by atoms with E-state index in [0.29, 0.717) is 20.7 Å². The third-order valence-corrected chi connectivity index (χ3v) is 5.27. The number of hydrogen-bond donors (Lipinski definition) is 1. The number of rotatable bonds is 4. The van der Waals surface area contributed by atoms with Crippen molar-refractivity contribution in [2.24, 2.45) is 0 Å². The van der Waals surface area contributed by atoms with Crippen molar-refractivity contribution in [3.63, 3.8) is 0 Å². The second-order valence-corrected chi connectivity index (χ2v) is 7.86. The first-order chi connectivity index (χ1) is 9.35. The van der Waals surface area contributed by atoms with Gasteiger partial charge in [0.25, 0.3) is 0 Å². The van der Waals surface area contributed by atoms with Crippen molar-refractivity contribution in [1.82, 2.24) is 0 Å². The molecule has 0 aromatic heterocycles. The summed E-state index contributed by atoms with van der Waals surface area (Å²) < 4.78 is 25.1. The van der Waals surface area contributed by atoms with Gasteiger partial charge in [0.1, 0.15) is 0 Å². The van der Waals surface area contributed by atoms with Gasteiger partial charge in [0.05, 0.1) is 11.5 Å². The molecule has 0 aliphatic heterocycles. The quantitative estimate of drug-likeness (QED) is 0.828. The second-order valence-electron chi connectivity index (χ2n) is 4.51. The van der Waals surface area contributed by atoms with Gasteiger partial charge in [-0.3, -0.25) is 0 Å². The highest BCUT2D eigenvalue weighted by atomic mass is 79.9. The van der Waals surface area contributed by atoms with Crippen LogP contribution in [0.15, 0.2) is 46.9 Å². The Hall–Kier alpha value is -1.04. The Bertz CT molecular complexity index is 714. The molecule has 0 amide bonds. The van der Waals surface area contributed by atoms with E-state index in [1.165, 1.54) is 0 Å². The van der Waals surface area contributed by atoms with Crippen molar-refractivity contribution in [1.29, 1.82) is 0 Å². The number of sulfone groups is 1. The largest absolute Gasteiger partial charge is 0.399 e. The first-order valence-electron chi connectivity index (χ1n) is 5.84. The molecule has 0 spiro atoms. The summed E-state index contributed by atoms with van der Waals surface area (Å²) >= 11 is 9.11. The van der Waals surface area contributed by atoms with Crippen LogP contribution in [0.1, 0.15) is 11.1 Å². The molecule has 2 rings (SSSR count). The molecule has 0 atom stereocenters. The smallest absolute Gasteiger partial charge is 0.158 e. The van der Waals surface area contributed by atoms with Gasteiger partial charge in [0.15, 0.2) is 9.84 Å². The van der Waals surface area contributed by atoms with E-state index in [-0.39, 0.29) is 11.5 Å². The molecule has 2 N–H and O–H groups in total. The number of hydrogen-bond acceptors (Lipinski definition) is 3. The highest BCUT2D eigenvalue weighted by Gasteiger charge is 2.15.